The molecule has 0 saturated heterocycles. The number of hydrogen-bond donors (Lipinski definition) is 1. The van der Waals surface area contributed by atoms with Gasteiger partial charge < -0.3 is 5.73 Å². The molecule has 2 N–H and O–H groups in total. The fourth-order valence-corrected chi connectivity index (χ4v) is 4.47. The molecule has 0 radical (unpaired) electrons. The highest BCUT2D eigenvalue weighted by molar-refractivity contribution is 9.10. The Labute approximate surface area is 134 Å². The predicted octanol–water partition coefficient (Wildman–Crippen LogP) is 3.70. The average molecular weight is 368 g/mol. The van der Waals surface area contributed by atoms with Gasteiger partial charge in [0.25, 0.3) is 0 Å². The zero-order chi connectivity index (χ0) is 15.5. The van der Waals surface area contributed by atoms with Gasteiger partial charge in [0, 0.05) is 10.5 Å². The van der Waals surface area contributed by atoms with E-state index in [1.54, 1.807) is 24.3 Å². The summed E-state index contributed by atoms with van der Waals surface area (Å²) in [5, 5.41) is -0.638. The number of sulfone groups is 1. The van der Waals surface area contributed by atoms with Gasteiger partial charge in [-0.05, 0) is 36.2 Å². The smallest absolute Gasteiger partial charge is 0.183 e. The maximum atomic E-state index is 12.8. The topological polar surface area (TPSA) is 60.2 Å². The number of benzene rings is 2. The van der Waals surface area contributed by atoms with Crippen LogP contribution in [0.4, 0.5) is 0 Å². The highest BCUT2D eigenvalue weighted by Gasteiger charge is 2.32. The number of halogens is 1. The molecular weight excluding hydrogens is 350 g/mol. The number of hydrogen-bond acceptors (Lipinski definition) is 3. The maximum absolute atomic E-state index is 12.8. The summed E-state index contributed by atoms with van der Waals surface area (Å²) in [5.41, 5.74) is 7.05. The van der Waals surface area contributed by atoms with E-state index in [0.29, 0.717) is 11.3 Å². The minimum atomic E-state index is -3.46. The molecule has 0 aliphatic heterocycles. The van der Waals surface area contributed by atoms with E-state index < -0.39 is 21.1 Å². The average Bonchev–Trinajstić information content (AvgIpc) is 2.49. The molecule has 0 saturated carbocycles. The van der Waals surface area contributed by atoms with E-state index in [9.17, 15) is 8.42 Å². The Morgan fingerprint density at radius 1 is 1.05 bits per heavy atom. The van der Waals surface area contributed by atoms with Gasteiger partial charge in [-0.1, -0.05) is 53.2 Å². The molecule has 0 bridgehead atoms. The normalized spacial score (nSPS) is 14.6. The number of nitrogens with two attached hydrogens (primary N) is 1. The largest absolute Gasteiger partial charge is 0.323 e. The fraction of sp³-hybridized carbons (Fsp3) is 0.250. The van der Waals surface area contributed by atoms with E-state index in [1.807, 2.05) is 37.3 Å². The molecule has 5 heteroatoms. The van der Waals surface area contributed by atoms with Gasteiger partial charge >= 0.3 is 0 Å². The second kappa shape index (κ2) is 6.73. The summed E-state index contributed by atoms with van der Waals surface area (Å²) in [6, 6.07) is 15.5. The monoisotopic (exact) mass is 367 g/mol. The van der Waals surface area contributed by atoms with Crippen LogP contribution in [0.2, 0.25) is 0 Å². The minimum Gasteiger partial charge on any atom is -0.323 e. The fourth-order valence-electron chi connectivity index (χ4n) is 2.36. The van der Waals surface area contributed by atoms with E-state index in [0.717, 1.165) is 10.0 Å². The van der Waals surface area contributed by atoms with Crippen LogP contribution in [0, 0.1) is 0 Å². The summed E-state index contributed by atoms with van der Waals surface area (Å²) in [6.07, 6.45) is 0.467. The van der Waals surface area contributed by atoms with Gasteiger partial charge in [0.15, 0.2) is 9.84 Å². The van der Waals surface area contributed by atoms with Crippen molar-refractivity contribution in [1.82, 2.24) is 0 Å². The van der Waals surface area contributed by atoms with Gasteiger partial charge in [0.1, 0.15) is 0 Å². The summed E-state index contributed by atoms with van der Waals surface area (Å²) >= 11 is 3.31. The first-order valence-corrected chi connectivity index (χ1v) is 9.10. The van der Waals surface area contributed by atoms with Gasteiger partial charge in [-0.25, -0.2) is 8.42 Å². The van der Waals surface area contributed by atoms with Crippen molar-refractivity contribution in [2.45, 2.75) is 29.5 Å². The van der Waals surface area contributed by atoms with Gasteiger partial charge in [-0.15, -0.1) is 0 Å². The predicted molar refractivity (Wildman–Crippen MR) is 88.8 cm³/mol. The Hall–Kier alpha value is -1.17. The van der Waals surface area contributed by atoms with Gasteiger partial charge in [0.05, 0.1) is 10.1 Å². The first kappa shape index (κ1) is 16.2. The Bertz CT molecular complexity index is 684. The van der Waals surface area contributed by atoms with Gasteiger partial charge in [0.2, 0.25) is 0 Å². The summed E-state index contributed by atoms with van der Waals surface area (Å²) in [5.74, 6) is 0. The lowest BCUT2D eigenvalue weighted by molar-refractivity contribution is 0.547. The molecule has 21 heavy (non-hydrogen) atoms. The van der Waals surface area contributed by atoms with Crippen LogP contribution >= 0.6 is 15.9 Å². The van der Waals surface area contributed by atoms with Crippen molar-refractivity contribution < 1.29 is 8.42 Å². The summed E-state index contributed by atoms with van der Waals surface area (Å²) in [7, 11) is -3.46. The number of rotatable bonds is 5. The third-order valence-electron chi connectivity index (χ3n) is 3.53. The van der Waals surface area contributed by atoms with Crippen molar-refractivity contribution >= 4 is 25.8 Å². The molecule has 3 nitrogen and oxygen atoms in total. The van der Waals surface area contributed by atoms with Crippen molar-refractivity contribution in [3.8, 4) is 0 Å². The van der Waals surface area contributed by atoms with Crippen LogP contribution in [0.5, 0.6) is 0 Å². The first-order valence-electron chi connectivity index (χ1n) is 6.76. The first-order chi connectivity index (χ1) is 9.96. The lowest BCUT2D eigenvalue weighted by Crippen LogP contribution is -2.33. The van der Waals surface area contributed by atoms with Crippen molar-refractivity contribution in [2.75, 3.05) is 0 Å². The molecule has 112 valence electrons. The summed E-state index contributed by atoms with van der Waals surface area (Å²) in [6.45, 7) is 1.85. The molecule has 2 unspecified atom stereocenters. The molecular formula is C16H18BrNO2S. The standard InChI is InChI=1S/C16H18BrNO2S/c1-2-15(16(18)12-6-4-3-5-7-12)21(19,20)14-10-8-13(17)9-11-14/h3-11,15-16H,2,18H2,1H3. The SMILES string of the molecule is CCC(C(N)c1ccccc1)S(=O)(=O)c1ccc(Br)cc1. The molecule has 0 spiro atoms. The van der Waals surface area contributed by atoms with Gasteiger partial charge in [-0.2, -0.15) is 0 Å². The molecule has 0 amide bonds. The van der Waals surface area contributed by atoms with Crippen LogP contribution in [-0.2, 0) is 9.84 Å². The molecule has 2 aromatic rings. The highest BCUT2D eigenvalue weighted by Crippen LogP contribution is 2.28. The molecule has 2 aromatic carbocycles. The second-order valence-electron chi connectivity index (χ2n) is 4.88. The van der Waals surface area contributed by atoms with E-state index in [2.05, 4.69) is 15.9 Å². The molecule has 0 aromatic heterocycles. The molecule has 0 aliphatic rings. The van der Waals surface area contributed by atoms with E-state index >= 15 is 0 Å². The van der Waals surface area contributed by atoms with Crippen LogP contribution in [-0.4, -0.2) is 13.7 Å². The van der Waals surface area contributed by atoms with Crippen LogP contribution in [0.1, 0.15) is 24.9 Å². The van der Waals surface area contributed by atoms with Crippen LogP contribution in [0.15, 0.2) is 64.0 Å². The Balaban J connectivity index is 2.38. The van der Waals surface area contributed by atoms with Crippen LogP contribution < -0.4 is 5.73 Å². The maximum Gasteiger partial charge on any atom is 0.183 e. The highest BCUT2D eigenvalue weighted by atomic mass is 79.9. The van der Waals surface area contributed by atoms with Crippen molar-refractivity contribution in [3.63, 3.8) is 0 Å². The summed E-state index contributed by atoms with van der Waals surface area (Å²) in [4.78, 5) is 0.309. The molecule has 0 heterocycles. The lowest BCUT2D eigenvalue weighted by Gasteiger charge is -2.23. The third kappa shape index (κ3) is 3.54. The zero-order valence-electron chi connectivity index (χ0n) is 11.7. The molecule has 0 fully saturated rings. The quantitative estimate of drug-likeness (QED) is 0.876. The van der Waals surface area contributed by atoms with Crippen molar-refractivity contribution in [1.29, 1.82) is 0 Å². The van der Waals surface area contributed by atoms with Crippen molar-refractivity contribution in [3.05, 3.63) is 64.6 Å². The van der Waals surface area contributed by atoms with E-state index in [1.165, 1.54) is 0 Å². The Morgan fingerprint density at radius 3 is 2.14 bits per heavy atom. The minimum absolute atomic E-state index is 0.309. The van der Waals surface area contributed by atoms with Gasteiger partial charge in [-0.3, -0.25) is 0 Å². The van der Waals surface area contributed by atoms with Crippen LogP contribution in [0.25, 0.3) is 0 Å². The zero-order valence-corrected chi connectivity index (χ0v) is 14.1. The van der Waals surface area contributed by atoms with E-state index in [4.69, 9.17) is 5.73 Å². The van der Waals surface area contributed by atoms with Crippen LogP contribution in [0.3, 0.4) is 0 Å². The van der Waals surface area contributed by atoms with E-state index in [-0.39, 0.29) is 0 Å². The summed E-state index contributed by atoms with van der Waals surface area (Å²) < 4.78 is 26.4. The lowest BCUT2D eigenvalue weighted by atomic mass is 10.0. The third-order valence-corrected chi connectivity index (χ3v) is 6.41. The Kier molecular flexibility index (Phi) is 5.19. The second-order valence-corrected chi connectivity index (χ2v) is 7.96. The molecule has 2 rings (SSSR count). The molecule has 2 atom stereocenters. The molecule has 0 aliphatic carbocycles. The Morgan fingerprint density at radius 2 is 1.62 bits per heavy atom. The van der Waals surface area contributed by atoms with Crippen molar-refractivity contribution in [2.24, 2.45) is 5.73 Å².